The van der Waals surface area contributed by atoms with E-state index in [4.69, 9.17) is 15.6 Å². The van der Waals surface area contributed by atoms with Gasteiger partial charge in [-0.05, 0) is 40.1 Å². The molecule has 3 N–H and O–H groups in total. The van der Waals surface area contributed by atoms with Gasteiger partial charge in [-0.2, -0.15) is 0 Å². The quantitative estimate of drug-likeness (QED) is 0.780. The molecule has 1 aromatic carbocycles. The Balaban J connectivity index is 2.90. The first-order valence-electron chi connectivity index (χ1n) is 5.67. The smallest absolute Gasteiger partial charge is 0.339 e. The van der Waals surface area contributed by atoms with Crippen molar-refractivity contribution < 1.29 is 14.6 Å². The lowest BCUT2D eigenvalue weighted by atomic mass is 10.1. The van der Waals surface area contributed by atoms with E-state index in [2.05, 4.69) is 0 Å². The number of carboxylic acid groups (broad SMARTS) is 1. The number of hydrogen-bond acceptors (Lipinski definition) is 4. The molecule has 0 atom stereocenters. The molecule has 0 fully saturated rings. The van der Waals surface area contributed by atoms with Crippen LogP contribution in [0.1, 0.15) is 24.2 Å². The van der Waals surface area contributed by atoms with Gasteiger partial charge >= 0.3 is 5.97 Å². The molecule has 0 radical (unpaired) electrons. The van der Waals surface area contributed by atoms with Gasteiger partial charge in [0.2, 0.25) is 0 Å². The second kappa shape index (κ2) is 5.27. The highest BCUT2D eigenvalue weighted by Crippen LogP contribution is 2.23. The Hall–Kier alpha value is -1.75. The zero-order valence-electron chi connectivity index (χ0n) is 11.2. The Kier molecular flexibility index (Phi) is 4.19. The van der Waals surface area contributed by atoms with Crippen molar-refractivity contribution in [3.05, 3.63) is 23.8 Å². The minimum absolute atomic E-state index is 0.124. The summed E-state index contributed by atoms with van der Waals surface area (Å²) in [5.41, 5.74) is 6.06. The van der Waals surface area contributed by atoms with E-state index in [1.54, 1.807) is 6.07 Å². The minimum atomic E-state index is -1.02. The van der Waals surface area contributed by atoms with Crippen LogP contribution in [-0.4, -0.2) is 42.2 Å². The van der Waals surface area contributed by atoms with E-state index < -0.39 is 5.97 Å². The third-order valence-corrected chi connectivity index (χ3v) is 3.03. The van der Waals surface area contributed by atoms with Gasteiger partial charge in [-0.15, -0.1) is 0 Å². The SMILES string of the molecule is CN(C)C(C)(C)COc1cc(N)ccc1C(=O)O. The summed E-state index contributed by atoms with van der Waals surface area (Å²) in [6.07, 6.45) is 0. The maximum absolute atomic E-state index is 11.1. The zero-order chi connectivity index (χ0) is 13.9. The third kappa shape index (κ3) is 3.37. The second-order valence-electron chi connectivity index (χ2n) is 5.06. The lowest BCUT2D eigenvalue weighted by Crippen LogP contribution is -2.43. The van der Waals surface area contributed by atoms with E-state index in [-0.39, 0.29) is 11.1 Å². The Bertz CT molecular complexity index is 442. The standard InChI is InChI=1S/C13H20N2O3/c1-13(2,15(3)4)8-18-11-7-9(14)5-6-10(11)12(16)17/h5-7H,8,14H2,1-4H3,(H,16,17). The molecule has 0 bridgehead atoms. The number of rotatable bonds is 5. The number of nitrogens with zero attached hydrogens (tertiary/aromatic N) is 1. The van der Waals surface area contributed by atoms with Gasteiger partial charge in [-0.1, -0.05) is 0 Å². The molecule has 0 unspecified atom stereocenters. The Morgan fingerprint density at radius 2 is 2.06 bits per heavy atom. The van der Waals surface area contributed by atoms with Gasteiger partial charge in [0.25, 0.3) is 0 Å². The molecule has 18 heavy (non-hydrogen) atoms. The molecule has 0 saturated carbocycles. The molecule has 0 aliphatic rings. The molecule has 0 spiro atoms. The van der Waals surface area contributed by atoms with Crippen molar-refractivity contribution in [3.63, 3.8) is 0 Å². The summed E-state index contributed by atoms with van der Waals surface area (Å²) in [4.78, 5) is 13.1. The fraction of sp³-hybridized carbons (Fsp3) is 0.462. The number of anilines is 1. The minimum Gasteiger partial charge on any atom is -0.491 e. The molecule has 0 heterocycles. The van der Waals surface area contributed by atoms with Crippen LogP contribution in [-0.2, 0) is 0 Å². The summed E-state index contributed by atoms with van der Waals surface area (Å²) in [6, 6.07) is 4.54. The lowest BCUT2D eigenvalue weighted by Gasteiger charge is -2.32. The summed E-state index contributed by atoms with van der Waals surface area (Å²) in [6.45, 7) is 4.41. The number of carboxylic acids is 1. The van der Waals surface area contributed by atoms with Crippen LogP contribution in [0.5, 0.6) is 5.75 Å². The summed E-state index contributed by atoms with van der Waals surface area (Å²) in [7, 11) is 3.89. The van der Waals surface area contributed by atoms with Gasteiger partial charge in [-0.3, -0.25) is 0 Å². The highest BCUT2D eigenvalue weighted by Gasteiger charge is 2.22. The molecule has 1 aromatic rings. The summed E-state index contributed by atoms with van der Waals surface area (Å²) in [5.74, 6) is -0.718. The van der Waals surface area contributed by atoms with Crippen molar-refractivity contribution in [2.45, 2.75) is 19.4 Å². The third-order valence-electron chi connectivity index (χ3n) is 3.03. The molecule has 0 aliphatic carbocycles. The van der Waals surface area contributed by atoms with E-state index in [0.29, 0.717) is 18.0 Å². The van der Waals surface area contributed by atoms with Gasteiger partial charge < -0.3 is 20.5 Å². The van der Waals surface area contributed by atoms with E-state index >= 15 is 0 Å². The average molecular weight is 252 g/mol. The second-order valence-corrected chi connectivity index (χ2v) is 5.06. The number of nitrogen functional groups attached to an aromatic ring is 1. The maximum Gasteiger partial charge on any atom is 0.339 e. The summed E-state index contributed by atoms with van der Waals surface area (Å²) in [5, 5.41) is 9.06. The maximum atomic E-state index is 11.1. The molecule has 1 rings (SSSR count). The van der Waals surface area contributed by atoms with Crippen molar-refractivity contribution in [2.24, 2.45) is 0 Å². The normalized spacial score (nSPS) is 11.6. The number of carbonyl (C=O) groups is 1. The van der Waals surface area contributed by atoms with Crippen LogP contribution in [0.2, 0.25) is 0 Å². The molecule has 5 heteroatoms. The first-order chi connectivity index (χ1) is 8.24. The topological polar surface area (TPSA) is 75.8 Å². The van der Waals surface area contributed by atoms with E-state index in [9.17, 15) is 4.79 Å². The highest BCUT2D eigenvalue weighted by atomic mass is 16.5. The van der Waals surface area contributed by atoms with Crippen molar-refractivity contribution in [3.8, 4) is 5.75 Å². The van der Waals surface area contributed by atoms with Crippen molar-refractivity contribution in [2.75, 3.05) is 26.4 Å². The number of likely N-dealkylation sites (N-methyl/N-ethyl adjacent to an activating group) is 1. The molecule has 0 amide bonds. The predicted octanol–water partition coefficient (Wildman–Crippen LogP) is 1.69. The fourth-order valence-electron chi connectivity index (χ4n) is 1.22. The molecule has 0 aliphatic heterocycles. The first kappa shape index (κ1) is 14.3. The van der Waals surface area contributed by atoms with E-state index in [0.717, 1.165) is 0 Å². The van der Waals surface area contributed by atoms with Crippen LogP contribution < -0.4 is 10.5 Å². The molecular weight excluding hydrogens is 232 g/mol. The van der Waals surface area contributed by atoms with Crippen molar-refractivity contribution >= 4 is 11.7 Å². The van der Waals surface area contributed by atoms with Crippen LogP contribution >= 0.6 is 0 Å². The molecule has 100 valence electrons. The zero-order valence-corrected chi connectivity index (χ0v) is 11.2. The number of ether oxygens (including phenoxy) is 1. The van der Waals surface area contributed by atoms with Crippen molar-refractivity contribution in [1.29, 1.82) is 0 Å². The van der Waals surface area contributed by atoms with Crippen molar-refractivity contribution in [1.82, 2.24) is 4.90 Å². The molecule has 0 saturated heterocycles. The summed E-state index contributed by atoms with van der Waals surface area (Å²) >= 11 is 0. The average Bonchev–Trinajstić information content (AvgIpc) is 2.26. The Morgan fingerprint density at radius 3 is 2.56 bits per heavy atom. The first-order valence-corrected chi connectivity index (χ1v) is 5.67. The van der Waals surface area contributed by atoms with Gasteiger partial charge in [-0.25, -0.2) is 4.79 Å². The number of aromatic carboxylic acids is 1. The Morgan fingerprint density at radius 1 is 1.44 bits per heavy atom. The molecule has 5 nitrogen and oxygen atoms in total. The lowest BCUT2D eigenvalue weighted by molar-refractivity contribution is 0.0684. The van der Waals surface area contributed by atoms with Gasteiger partial charge in [0.1, 0.15) is 17.9 Å². The number of benzene rings is 1. The van der Waals surface area contributed by atoms with Crippen LogP contribution in [0.15, 0.2) is 18.2 Å². The summed E-state index contributed by atoms with van der Waals surface area (Å²) < 4.78 is 5.60. The highest BCUT2D eigenvalue weighted by molar-refractivity contribution is 5.91. The fourth-order valence-corrected chi connectivity index (χ4v) is 1.22. The van der Waals surface area contributed by atoms with Crippen LogP contribution in [0.25, 0.3) is 0 Å². The molecule has 0 aromatic heterocycles. The van der Waals surface area contributed by atoms with Crippen LogP contribution in [0.3, 0.4) is 0 Å². The Labute approximate surface area is 107 Å². The van der Waals surface area contributed by atoms with Gasteiger partial charge in [0.15, 0.2) is 0 Å². The van der Waals surface area contributed by atoms with Gasteiger partial charge in [0.05, 0.1) is 0 Å². The van der Waals surface area contributed by atoms with Crippen LogP contribution in [0, 0.1) is 0 Å². The van der Waals surface area contributed by atoms with E-state index in [1.807, 2.05) is 32.8 Å². The van der Waals surface area contributed by atoms with E-state index in [1.165, 1.54) is 12.1 Å². The van der Waals surface area contributed by atoms with Gasteiger partial charge in [0, 0.05) is 17.3 Å². The number of hydrogen-bond donors (Lipinski definition) is 2. The monoisotopic (exact) mass is 252 g/mol. The van der Waals surface area contributed by atoms with Crippen LogP contribution in [0.4, 0.5) is 5.69 Å². The predicted molar refractivity (Wildman–Crippen MR) is 71.1 cm³/mol. The molecular formula is C13H20N2O3. The largest absolute Gasteiger partial charge is 0.491 e. The number of nitrogens with two attached hydrogens (primary N) is 1.